The summed E-state index contributed by atoms with van der Waals surface area (Å²) in [5.41, 5.74) is 1.22. The van der Waals surface area contributed by atoms with Crippen molar-refractivity contribution in [3.05, 3.63) is 72.3 Å². The second-order valence-corrected chi connectivity index (χ2v) is 6.38. The topological polar surface area (TPSA) is 83.5 Å². The first-order chi connectivity index (χ1) is 10.4. The lowest BCUT2D eigenvalue weighted by Crippen LogP contribution is -2.12. The van der Waals surface area contributed by atoms with Gasteiger partial charge in [-0.2, -0.15) is 0 Å². The molecule has 0 radical (unpaired) electrons. The van der Waals surface area contributed by atoms with Gasteiger partial charge in [-0.3, -0.25) is 4.72 Å². The normalized spacial score (nSPS) is 10.9. The van der Waals surface area contributed by atoms with Crippen LogP contribution >= 0.6 is 0 Å². The molecular weight excluding hydrogens is 302 g/mol. The largest absolute Gasteiger partial charge is 0.478 e. The van der Waals surface area contributed by atoms with Crippen LogP contribution in [-0.4, -0.2) is 19.5 Å². The lowest BCUT2D eigenvalue weighted by atomic mass is 10.1. The molecule has 0 spiro atoms. The van der Waals surface area contributed by atoms with E-state index in [4.69, 9.17) is 5.11 Å². The lowest BCUT2D eigenvalue weighted by Gasteiger charge is -2.08. The van der Waals surface area contributed by atoms with E-state index < -0.39 is 16.0 Å². The van der Waals surface area contributed by atoms with E-state index in [0.29, 0.717) is 11.3 Å². The molecule has 114 valence electrons. The van der Waals surface area contributed by atoms with Crippen LogP contribution < -0.4 is 4.72 Å². The highest BCUT2D eigenvalue weighted by molar-refractivity contribution is 7.92. The SMILES string of the molecule is C=C(Cc1ccc(S(=O)(=O)Nc2ccccc2)cc1)C(=O)O. The molecule has 0 heterocycles. The average Bonchev–Trinajstić information content (AvgIpc) is 2.48. The minimum atomic E-state index is -3.66. The average molecular weight is 317 g/mol. The van der Waals surface area contributed by atoms with Gasteiger partial charge in [-0.15, -0.1) is 0 Å². The van der Waals surface area contributed by atoms with Crippen LogP contribution in [0.1, 0.15) is 5.56 Å². The smallest absolute Gasteiger partial charge is 0.331 e. The zero-order valence-corrected chi connectivity index (χ0v) is 12.5. The van der Waals surface area contributed by atoms with Crippen molar-refractivity contribution in [3.63, 3.8) is 0 Å². The van der Waals surface area contributed by atoms with Gasteiger partial charge in [0.15, 0.2) is 0 Å². The summed E-state index contributed by atoms with van der Waals surface area (Å²) in [6.45, 7) is 3.45. The van der Waals surface area contributed by atoms with Crippen molar-refractivity contribution in [2.75, 3.05) is 4.72 Å². The quantitative estimate of drug-likeness (QED) is 0.802. The summed E-state index contributed by atoms with van der Waals surface area (Å²) in [5.74, 6) is -1.07. The summed E-state index contributed by atoms with van der Waals surface area (Å²) in [6.07, 6.45) is 0.168. The van der Waals surface area contributed by atoms with Crippen LogP contribution in [-0.2, 0) is 21.2 Å². The number of rotatable bonds is 6. The first-order valence-electron chi connectivity index (χ1n) is 6.46. The fourth-order valence-electron chi connectivity index (χ4n) is 1.83. The maximum atomic E-state index is 12.2. The van der Waals surface area contributed by atoms with Crippen LogP contribution in [0.3, 0.4) is 0 Å². The van der Waals surface area contributed by atoms with E-state index in [1.165, 1.54) is 12.1 Å². The van der Waals surface area contributed by atoms with Gasteiger partial charge in [-0.05, 0) is 29.8 Å². The summed E-state index contributed by atoms with van der Waals surface area (Å²) >= 11 is 0. The molecule has 0 bridgehead atoms. The minimum absolute atomic E-state index is 0.0537. The van der Waals surface area contributed by atoms with Crippen molar-refractivity contribution in [1.82, 2.24) is 0 Å². The predicted molar refractivity (Wildman–Crippen MR) is 84.2 cm³/mol. The van der Waals surface area contributed by atoms with Crippen molar-refractivity contribution >= 4 is 21.7 Å². The van der Waals surface area contributed by atoms with Gasteiger partial charge >= 0.3 is 5.97 Å². The Morgan fingerprint density at radius 3 is 2.18 bits per heavy atom. The molecule has 0 aliphatic heterocycles. The molecular formula is C16H15NO4S. The molecule has 5 nitrogen and oxygen atoms in total. The first-order valence-corrected chi connectivity index (χ1v) is 7.95. The van der Waals surface area contributed by atoms with Gasteiger partial charge in [0, 0.05) is 17.7 Å². The van der Waals surface area contributed by atoms with Crippen molar-refractivity contribution in [3.8, 4) is 0 Å². The summed E-state index contributed by atoms with van der Waals surface area (Å²) in [6, 6.07) is 14.6. The van der Waals surface area contributed by atoms with Gasteiger partial charge in [0.2, 0.25) is 0 Å². The van der Waals surface area contributed by atoms with Crippen LogP contribution in [0.25, 0.3) is 0 Å². The number of carboxylic acids is 1. The van der Waals surface area contributed by atoms with E-state index in [-0.39, 0.29) is 16.9 Å². The molecule has 2 aromatic rings. The standard InChI is InChI=1S/C16H15NO4S/c1-12(16(18)19)11-13-7-9-15(10-8-13)22(20,21)17-14-5-3-2-4-6-14/h2-10,17H,1,11H2,(H,18,19). The number of sulfonamides is 1. The highest BCUT2D eigenvalue weighted by Gasteiger charge is 2.14. The fourth-order valence-corrected chi connectivity index (χ4v) is 2.89. The highest BCUT2D eigenvalue weighted by Crippen LogP contribution is 2.17. The van der Waals surface area contributed by atoms with Gasteiger partial charge < -0.3 is 5.11 Å². The van der Waals surface area contributed by atoms with Crippen molar-refractivity contribution in [1.29, 1.82) is 0 Å². The second-order valence-electron chi connectivity index (χ2n) is 4.70. The highest BCUT2D eigenvalue weighted by atomic mass is 32.2. The van der Waals surface area contributed by atoms with E-state index in [9.17, 15) is 13.2 Å². The van der Waals surface area contributed by atoms with E-state index >= 15 is 0 Å². The molecule has 0 amide bonds. The monoisotopic (exact) mass is 317 g/mol. The molecule has 22 heavy (non-hydrogen) atoms. The molecule has 0 atom stereocenters. The summed E-state index contributed by atoms with van der Waals surface area (Å²) < 4.78 is 26.9. The summed E-state index contributed by atoms with van der Waals surface area (Å²) in [4.78, 5) is 10.8. The Labute approximate surface area is 129 Å². The molecule has 2 aromatic carbocycles. The van der Waals surface area contributed by atoms with Gasteiger partial charge in [0.25, 0.3) is 10.0 Å². The van der Waals surface area contributed by atoms with Crippen LogP contribution in [0.15, 0.2) is 71.6 Å². The number of hydrogen-bond acceptors (Lipinski definition) is 3. The molecule has 2 rings (SSSR count). The zero-order valence-electron chi connectivity index (χ0n) is 11.7. The first kappa shape index (κ1) is 15.8. The summed E-state index contributed by atoms with van der Waals surface area (Å²) in [5, 5.41) is 8.79. The van der Waals surface area contributed by atoms with Crippen LogP contribution in [0.5, 0.6) is 0 Å². The lowest BCUT2D eigenvalue weighted by molar-refractivity contribution is -0.132. The fraction of sp³-hybridized carbons (Fsp3) is 0.0625. The van der Waals surface area contributed by atoms with Crippen LogP contribution in [0, 0.1) is 0 Å². The number of carbonyl (C=O) groups is 1. The molecule has 2 N–H and O–H groups in total. The number of carboxylic acid groups (broad SMARTS) is 1. The number of hydrogen-bond donors (Lipinski definition) is 2. The Morgan fingerprint density at radius 2 is 1.64 bits per heavy atom. The van der Waals surface area contributed by atoms with Crippen molar-refractivity contribution in [2.45, 2.75) is 11.3 Å². The minimum Gasteiger partial charge on any atom is -0.478 e. The molecule has 0 saturated heterocycles. The van der Waals surface area contributed by atoms with Crippen LogP contribution in [0.2, 0.25) is 0 Å². The molecule has 0 aliphatic carbocycles. The van der Waals surface area contributed by atoms with Crippen molar-refractivity contribution < 1.29 is 18.3 Å². The molecule has 0 aromatic heterocycles. The predicted octanol–water partition coefficient (Wildman–Crippen LogP) is 2.67. The molecule has 6 heteroatoms. The third kappa shape index (κ3) is 3.95. The molecule has 0 saturated carbocycles. The molecule has 0 aliphatic rings. The number of para-hydroxylation sites is 1. The Kier molecular flexibility index (Phi) is 4.62. The van der Waals surface area contributed by atoms with E-state index in [0.717, 1.165) is 0 Å². The third-order valence-electron chi connectivity index (χ3n) is 2.98. The summed E-state index contributed by atoms with van der Waals surface area (Å²) in [7, 11) is -3.66. The number of aliphatic carboxylic acids is 1. The number of benzene rings is 2. The molecule has 0 fully saturated rings. The van der Waals surface area contributed by atoms with Gasteiger partial charge in [0.05, 0.1) is 4.90 Å². The van der Waals surface area contributed by atoms with E-state index in [1.807, 2.05) is 0 Å². The van der Waals surface area contributed by atoms with Crippen LogP contribution in [0.4, 0.5) is 5.69 Å². The van der Waals surface area contributed by atoms with Gasteiger partial charge in [-0.1, -0.05) is 36.9 Å². The Balaban J connectivity index is 2.15. The Bertz CT molecular complexity index is 781. The molecule has 0 unspecified atom stereocenters. The second kappa shape index (κ2) is 6.44. The van der Waals surface area contributed by atoms with Crippen molar-refractivity contribution in [2.24, 2.45) is 0 Å². The Morgan fingerprint density at radius 1 is 1.05 bits per heavy atom. The third-order valence-corrected chi connectivity index (χ3v) is 4.38. The van der Waals surface area contributed by atoms with E-state index in [1.54, 1.807) is 42.5 Å². The maximum absolute atomic E-state index is 12.2. The number of nitrogens with one attached hydrogen (secondary N) is 1. The zero-order chi connectivity index (χ0) is 16.2. The van der Waals surface area contributed by atoms with E-state index in [2.05, 4.69) is 11.3 Å². The number of anilines is 1. The van der Waals surface area contributed by atoms with Gasteiger partial charge in [-0.25, -0.2) is 13.2 Å². The maximum Gasteiger partial charge on any atom is 0.331 e. The Hall–Kier alpha value is -2.60. The van der Waals surface area contributed by atoms with Gasteiger partial charge in [0.1, 0.15) is 0 Å².